The Kier molecular flexibility index (Phi) is 9.11. The Morgan fingerprint density at radius 2 is 1.93 bits per heavy atom. The fourth-order valence-electron chi connectivity index (χ4n) is 3.46. The van der Waals surface area contributed by atoms with Gasteiger partial charge in [-0.05, 0) is 38.3 Å². The summed E-state index contributed by atoms with van der Waals surface area (Å²) in [7, 11) is 1.76. The van der Waals surface area contributed by atoms with Crippen LogP contribution >= 0.6 is 0 Å². The van der Waals surface area contributed by atoms with Crippen molar-refractivity contribution in [1.29, 1.82) is 0 Å². The summed E-state index contributed by atoms with van der Waals surface area (Å²) >= 11 is 0. The van der Waals surface area contributed by atoms with Crippen LogP contribution in [0.5, 0.6) is 0 Å². The van der Waals surface area contributed by atoms with E-state index in [4.69, 9.17) is 0 Å². The van der Waals surface area contributed by atoms with Crippen LogP contribution in [-0.4, -0.2) is 67.5 Å². The van der Waals surface area contributed by atoms with Gasteiger partial charge in [-0.1, -0.05) is 37.3 Å². The van der Waals surface area contributed by atoms with E-state index in [-0.39, 0.29) is 12.5 Å². The monoisotopic (exact) mass is 373 g/mol. The molecule has 0 saturated carbocycles. The summed E-state index contributed by atoms with van der Waals surface area (Å²) in [6.07, 6.45) is 3.44. The summed E-state index contributed by atoms with van der Waals surface area (Å²) < 4.78 is 0. The summed E-state index contributed by atoms with van der Waals surface area (Å²) in [6, 6.07) is 10.5. The summed E-state index contributed by atoms with van der Waals surface area (Å²) in [5, 5.41) is 6.66. The lowest BCUT2D eigenvalue weighted by Gasteiger charge is -2.32. The third-order valence-electron chi connectivity index (χ3n) is 5.05. The van der Waals surface area contributed by atoms with Crippen LogP contribution < -0.4 is 10.6 Å². The molecule has 0 atom stereocenters. The molecular weight excluding hydrogens is 338 g/mol. The molecular formula is C21H35N5O. The molecule has 6 heteroatoms. The van der Waals surface area contributed by atoms with Crippen LogP contribution in [-0.2, 0) is 11.3 Å². The Morgan fingerprint density at radius 3 is 2.52 bits per heavy atom. The number of hydrogen-bond donors (Lipinski definition) is 2. The highest BCUT2D eigenvalue weighted by Gasteiger charge is 2.20. The summed E-state index contributed by atoms with van der Waals surface area (Å²) in [5.41, 5.74) is 1.15. The standard InChI is InChI=1S/C21H35N5O/c1-4-13-25-14-11-19(12-15-25)24-21(22-3)23-16-20(27)26(5-2)17-18-9-7-6-8-10-18/h6-10,19H,4-5,11-17H2,1-3H3,(H2,22,23,24). The number of nitrogens with one attached hydrogen (secondary N) is 2. The molecule has 2 rings (SSSR count). The highest BCUT2D eigenvalue weighted by Crippen LogP contribution is 2.10. The zero-order valence-corrected chi connectivity index (χ0v) is 17.1. The number of amides is 1. The predicted octanol–water partition coefficient (Wildman–Crippen LogP) is 2.07. The number of nitrogens with zero attached hydrogens (tertiary/aromatic N) is 3. The molecule has 1 aliphatic heterocycles. The number of aliphatic imine (C=N–C) groups is 1. The molecule has 150 valence electrons. The molecule has 2 N–H and O–H groups in total. The number of rotatable bonds is 8. The Balaban J connectivity index is 1.76. The number of carbonyl (C=O) groups is 1. The first-order valence-corrected chi connectivity index (χ1v) is 10.2. The second-order valence-electron chi connectivity index (χ2n) is 7.08. The zero-order valence-electron chi connectivity index (χ0n) is 17.1. The quantitative estimate of drug-likeness (QED) is 0.541. The molecule has 1 saturated heterocycles. The fraction of sp³-hybridized carbons (Fsp3) is 0.619. The van der Waals surface area contributed by atoms with Gasteiger partial charge in [0, 0.05) is 39.3 Å². The minimum absolute atomic E-state index is 0.0852. The maximum atomic E-state index is 12.6. The van der Waals surface area contributed by atoms with Gasteiger partial charge in [0.05, 0.1) is 6.54 Å². The summed E-state index contributed by atoms with van der Waals surface area (Å²) in [6.45, 7) is 9.27. The minimum Gasteiger partial charge on any atom is -0.354 e. The maximum Gasteiger partial charge on any atom is 0.242 e. The Hall–Kier alpha value is -2.08. The number of piperidine rings is 1. The average Bonchev–Trinajstić information content (AvgIpc) is 2.71. The summed E-state index contributed by atoms with van der Waals surface area (Å²) in [5.74, 6) is 0.801. The van der Waals surface area contributed by atoms with Gasteiger partial charge in [0.2, 0.25) is 5.91 Å². The van der Waals surface area contributed by atoms with E-state index >= 15 is 0 Å². The van der Waals surface area contributed by atoms with Crippen LogP contribution in [0.4, 0.5) is 0 Å². The molecule has 6 nitrogen and oxygen atoms in total. The minimum atomic E-state index is 0.0852. The zero-order chi connectivity index (χ0) is 19.5. The van der Waals surface area contributed by atoms with E-state index in [1.165, 1.54) is 13.0 Å². The molecule has 1 aromatic carbocycles. The lowest BCUT2D eigenvalue weighted by Crippen LogP contribution is -2.50. The number of likely N-dealkylation sites (tertiary alicyclic amines) is 1. The molecule has 1 amide bonds. The van der Waals surface area contributed by atoms with Gasteiger partial charge in [-0.2, -0.15) is 0 Å². The number of hydrogen-bond acceptors (Lipinski definition) is 3. The van der Waals surface area contributed by atoms with Crippen LogP contribution in [0.1, 0.15) is 38.7 Å². The summed E-state index contributed by atoms with van der Waals surface area (Å²) in [4.78, 5) is 21.2. The van der Waals surface area contributed by atoms with Crippen LogP contribution in [0.3, 0.4) is 0 Å². The van der Waals surface area contributed by atoms with Crippen molar-refractivity contribution in [3.63, 3.8) is 0 Å². The Bertz CT molecular complexity index is 581. The van der Waals surface area contributed by atoms with Crippen LogP contribution in [0.2, 0.25) is 0 Å². The van der Waals surface area contributed by atoms with Crippen molar-refractivity contribution in [3.05, 3.63) is 35.9 Å². The van der Waals surface area contributed by atoms with E-state index in [0.29, 0.717) is 25.1 Å². The lowest BCUT2D eigenvalue weighted by molar-refractivity contribution is -0.130. The third kappa shape index (κ3) is 7.21. The van der Waals surface area contributed by atoms with Crippen molar-refractivity contribution in [2.45, 2.75) is 45.7 Å². The van der Waals surface area contributed by atoms with Crippen LogP contribution in [0.25, 0.3) is 0 Å². The second kappa shape index (κ2) is 11.6. The van der Waals surface area contributed by atoms with Gasteiger partial charge < -0.3 is 20.4 Å². The first kappa shape index (κ1) is 21.2. The first-order valence-electron chi connectivity index (χ1n) is 10.2. The predicted molar refractivity (Wildman–Crippen MR) is 112 cm³/mol. The van der Waals surface area contributed by atoms with Crippen molar-refractivity contribution in [1.82, 2.24) is 20.4 Å². The van der Waals surface area contributed by atoms with Crippen molar-refractivity contribution in [3.8, 4) is 0 Å². The average molecular weight is 374 g/mol. The molecule has 1 aliphatic rings. The van der Waals surface area contributed by atoms with Crippen molar-refractivity contribution in [2.24, 2.45) is 4.99 Å². The van der Waals surface area contributed by atoms with Crippen molar-refractivity contribution in [2.75, 3.05) is 39.8 Å². The number of carbonyl (C=O) groups excluding carboxylic acids is 1. The third-order valence-corrected chi connectivity index (χ3v) is 5.05. The van der Waals surface area contributed by atoms with Crippen molar-refractivity contribution < 1.29 is 4.79 Å². The molecule has 0 aromatic heterocycles. The van der Waals surface area contributed by atoms with E-state index in [9.17, 15) is 4.79 Å². The van der Waals surface area contributed by atoms with Gasteiger partial charge in [-0.15, -0.1) is 0 Å². The van der Waals surface area contributed by atoms with Gasteiger partial charge in [-0.25, -0.2) is 0 Å². The first-order chi connectivity index (χ1) is 13.2. The van der Waals surface area contributed by atoms with Gasteiger partial charge in [0.25, 0.3) is 0 Å². The number of benzene rings is 1. The molecule has 0 aliphatic carbocycles. The van der Waals surface area contributed by atoms with Crippen LogP contribution in [0, 0.1) is 0 Å². The molecule has 27 heavy (non-hydrogen) atoms. The normalized spacial score (nSPS) is 16.2. The van der Waals surface area contributed by atoms with E-state index in [1.54, 1.807) is 7.05 Å². The topological polar surface area (TPSA) is 60.0 Å². The number of likely N-dealkylation sites (N-methyl/N-ethyl adjacent to an activating group) is 1. The molecule has 0 spiro atoms. The molecule has 0 radical (unpaired) electrons. The van der Waals surface area contributed by atoms with Gasteiger partial charge in [-0.3, -0.25) is 9.79 Å². The Labute approximate surface area is 164 Å². The van der Waals surface area contributed by atoms with Gasteiger partial charge in [0.15, 0.2) is 5.96 Å². The molecule has 1 fully saturated rings. The lowest BCUT2D eigenvalue weighted by atomic mass is 10.1. The van der Waals surface area contributed by atoms with E-state index in [1.807, 2.05) is 30.0 Å². The highest BCUT2D eigenvalue weighted by molar-refractivity contribution is 5.86. The maximum absolute atomic E-state index is 12.6. The Morgan fingerprint density at radius 1 is 1.22 bits per heavy atom. The molecule has 0 unspecified atom stereocenters. The largest absolute Gasteiger partial charge is 0.354 e. The fourth-order valence-corrected chi connectivity index (χ4v) is 3.46. The highest BCUT2D eigenvalue weighted by atomic mass is 16.2. The molecule has 1 heterocycles. The smallest absolute Gasteiger partial charge is 0.242 e. The van der Waals surface area contributed by atoms with E-state index in [0.717, 1.165) is 31.5 Å². The van der Waals surface area contributed by atoms with E-state index < -0.39 is 0 Å². The van der Waals surface area contributed by atoms with E-state index in [2.05, 4.69) is 39.6 Å². The van der Waals surface area contributed by atoms with Crippen molar-refractivity contribution >= 4 is 11.9 Å². The molecule has 0 bridgehead atoms. The SMILES string of the molecule is CCCN1CCC(NC(=NC)NCC(=O)N(CC)Cc2ccccc2)CC1. The van der Waals surface area contributed by atoms with Crippen LogP contribution in [0.15, 0.2) is 35.3 Å². The molecule has 1 aromatic rings. The second-order valence-corrected chi connectivity index (χ2v) is 7.08. The van der Waals surface area contributed by atoms with Gasteiger partial charge >= 0.3 is 0 Å². The number of guanidine groups is 1. The van der Waals surface area contributed by atoms with Gasteiger partial charge in [0.1, 0.15) is 0 Å².